The first kappa shape index (κ1) is 20.5. The lowest BCUT2D eigenvalue weighted by molar-refractivity contribution is -0.128. The summed E-state index contributed by atoms with van der Waals surface area (Å²) in [5.41, 5.74) is 6.78. The highest BCUT2D eigenvalue weighted by Crippen LogP contribution is 2.18. The van der Waals surface area contributed by atoms with Gasteiger partial charge in [0, 0.05) is 11.8 Å². The SMILES string of the molecule is CC(=O)N[C@@H](CC(=O)NNC(=O)CSc1ccc(C)cc1)c1ccccc1. The van der Waals surface area contributed by atoms with Crippen LogP contribution in [0.5, 0.6) is 0 Å². The largest absolute Gasteiger partial charge is 0.349 e. The maximum atomic E-state index is 12.1. The topological polar surface area (TPSA) is 87.3 Å². The Kier molecular flexibility index (Phi) is 7.88. The highest BCUT2D eigenvalue weighted by atomic mass is 32.2. The molecule has 3 N–H and O–H groups in total. The molecule has 0 spiro atoms. The Hall–Kier alpha value is -2.80. The average Bonchev–Trinajstić information content (AvgIpc) is 2.66. The molecule has 7 heteroatoms. The van der Waals surface area contributed by atoms with Crippen LogP contribution in [0, 0.1) is 6.92 Å². The Bertz CT molecular complexity index is 779. The summed E-state index contributed by atoms with van der Waals surface area (Å²) < 4.78 is 0. The van der Waals surface area contributed by atoms with Crippen molar-refractivity contribution in [2.45, 2.75) is 31.2 Å². The summed E-state index contributed by atoms with van der Waals surface area (Å²) >= 11 is 1.39. The van der Waals surface area contributed by atoms with Crippen LogP contribution in [0.25, 0.3) is 0 Å². The zero-order valence-corrected chi connectivity index (χ0v) is 16.1. The highest BCUT2D eigenvalue weighted by molar-refractivity contribution is 8.00. The van der Waals surface area contributed by atoms with Crippen molar-refractivity contribution in [2.75, 3.05) is 5.75 Å². The highest BCUT2D eigenvalue weighted by Gasteiger charge is 2.17. The molecular formula is C20H23N3O3S. The Morgan fingerprint density at radius 1 is 0.926 bits per heavy atom. The molecule has 2 rings (SSSR count). The Labute approximate surface area is 163 Å². The molecular weight excluding hydrogens is 362 g/mol. The van der Waals surface area contributed by atoms with E-state index >= 15 is 0 Å². The van der Waals surface area contributed by atoms with Gasteiger partial charge >= 0.3 is 0 Å². The molecule has 0 aliphatic heterocycles. The Morgan fingerprint density at radius 2 is 1.56 bits per heavy atom. The number of aryl methyl sites for hydroxylation is 1. The maximum Gasteiger partial charge on any atom is 0.248 e. The lowest BCUT2D eigenvalue weighted by Gasteiger charge is -2.18. The molecule has 0 aromatic heterocycles. The van der Waals surface area contributed by atoms with Crippen molar-refractivity contribution in [3.05, 3.63) is 65.7 Å². The van der Waals surface area contributed by atoms with Gasteiger partial charge in [-0.15, -0.1) is 11.8 Å². The first-order valence-electron chi connectivity index (χ1n) is 8.53. The van der Waals surface area contributed by atoms with Gasteiger partial charge in [-0.2, -0.15) is 0 Å². The molecule has 1 atom stereocenters. The van der Waals surface area contributed by atoms with Crippen LogP contribution >= 0.6 is 11.8 Å². The molecule has 0 radical (unpaired) electrons. The van der Waals surface area contributed by atoms with Gasteiger partial charge in [0.1, 0.15) is 0 Å². The number of amides is 3. The zero-order chi connectivity index (χ0) is 19.6. The van der Waals surface area contributed by atoms with Crippen molar-refractivity contribution in [1.82, 2.24) is 16.2 Å². The normalized spacial score (nSPS) is 11.3. The van der Waals surface area contributed by atoms with E-state index in [1.165, 1.54) is 18.7 Å². The van der Waals surface area contributed by atoms with Gasteiger partial charge in [-0.05, 0) is 24.6 Å². The first-order valence-corrected chi connectivity index (χ1v) is 9.52. The second kappa shape index (κ2) is 10.4. The molecule has 2 aromatic carbocycles. The van der Waals surface area contributed by atoms with Crippen LogP contribution in [0.15, 0.2) is 59.5 Å². The number of thioether (sulfide) groups is 1. The molecule has 0 fully saturated rings. The Morgan fingerprint density at radius 3 is 2.19 bits per heavy atom. The van der Waals surface area contributed by atoms with E-state index < -0.39 is 6.04 Å². The van der Waals surface area contributed by atoms with E-state index in [9.17, 15) is 14.4 Å². The van der Waals surface area contributed by atoms with Crippen LogP contribution in [0.1, 0.15) is 30.5 Å². The minimum absolute atomic E-state index is 0.0228. The third-order valence-corrected chi connectivity index (χ3v) is 4.71. The van der Waals surface area contributed by atoms with E-state index in [1.807, 2.05) is 61.5 Å². The lowest BCUT2D eigenvalue weighted by atomic mass is 10.0. The van der Waals surface area contributed by atoms with Crippen molar-refractivity contribution < 1.29 is 14.4 Å². The predicted molar refractivity (Wildman–Crippen MR) is 106 cm³/mol. The average molecular weight is 385 g/mol. The second-order valence-corrected chi connectivity index (χ2v) is 7.11. The Balaban J connectivity index is 1.80. The summed E-state index contributed by atoms with van der Waals surface area (Å²) in [5, 5.41) is 2.75. The van der Waals surface area contributed by atoms with Crippen LogP contribution in [0.2, 0.25) is 0 Å². The standard InChI is InChI=1S/C20H23N3O3S/c1-14-8-10-17(11-9-14)27-13-20(26)23-22-19(25)12-18(21-15(2)24)16-6-4-3-5-7-16/h3-11,18H,12-13H2,1-2H3,(H,21,24)(H,22,25)(H,23,26)/t18-/m0/s1. The van der Waals surface area contributed by atoms with Crippen LogP contribution in [0.4, 0.5) is 0 Å². The maximum absolute atomic E-state index is 12.1. The number of carbonyl (C=O) groups is 3. The molecule has 0 aliphatic rings. The van der Waals surface area contributed by atoms with Crippen LogP contribution in [0.3, 0.4) is 0 Å². The van der Waals surface area contributed by atoms with Crippen molar-refractivity contribution in [1.29, 1.82) is 0 Å². The number of carbonyl (C=O) groups excluding carboxylic acids is 3. The van der Waals surface area contributed by atoms with Gasteiger partial charge in [0.2, 0.25) is 17.7 Å². The van der Waals surface area contributed by atoms with Gasteiger partial charge in [0.15, 0.2) is 0 Å². The number of rotatable bonds is 7. The van der Waals surface area contributed by atoms with E-state index in [0.717, 1.165) is 16.0 Å². The molecule has 0 saturated heterocycles. The van der Waals surface area contributed by atoms with E-state index in [2.05, 4.69) is 16.2 Å². The summed E-state index contributed by atoms with van der Waals surface area (Å²) in [5.74, 6) is -0.719. The van der Waals surface area contributed by atoms with Gasteiger partial charge in [0.05, 0.1) is 18.2 Å². The third kappa shape index (κ3) is 7.53. The van der Waals surface area contributed by atoms with E-state index in [1.54, 1.807) is 0 Å². The van der Waals surface area contributed by atoms with Gasteiger partial charge in [-0.25, -0.2) is 0 Å². The summed E-state index contributed by atoms with van der Waals surface area (Å²) in [6.07, 6.45) is 0.0228. The molecule has 0 bridgehead atoms. The third-order valence-electron chi connectivity index (χ3n) is 3.70. The molecule has 0 unspecified atom stereocenters. The van der Waals surface area contributed by atoms with Crippen LogP contribution in [-0.4, -0.2) is 23.5 Å². The van der Waals surface area contributed by atoms with Crippen LogP contribution in [-0.2, 0) is 14.4 Å². The van der Waals surface area contributed by atoms with Crippen molar-refractivity contribution in [2.24, 2.45) is 0 Å². The van der Waals surface area contributed by atoms with Crippen molar-refractivity contribution in [3.8, 4) is 0 Å². The van der Waals surface area contributed by atoms with E-state index in [-0.39, 0.29) is 29.9 Å². The first-order chi connectivity index (χ1) is 12.9. The minimum atomic E-state index is -0.456. The zero-order valence-electron chi connectivity index (χ0n) is 15.3. The quantitative estimate of drug-likeness (QED) is 0.505. The van der Waals surface area contributed by atoms with Gasteiger partial charge in [-0.3, -0.25) is 25.2 Å². The fourth-order valence-corrected chi connectivity index (χ4v) is 3.08. The molecule has 0 heterocycles. The van der Waals surface area contributed by atoms with Crippen molar-refractivity contribution in [3.63, 3.8) is 0 Å². The lowest BCUT2D eigenvalue weighted by Crippen LogP contribution is -2.44. The molecule has 2 aromatic rings. The van der Waals surface area contributed by atoms with Crippen LogP contribution < -0.4 is 16.2 Å². The molecule has 0 saturated carbocycles. The van der Waals surface area contributed by atoms with Gasteiger partial charge < -0.3 is 5.32 Å². The molecule has 3 amide bonds. The molecule has 0 aliphatic carbocycles. The van der Waals surface area contributed by atoms with Crippen molar-refractivity contribution >= 4 is 29.5 Å². The number of hydrazine groups is 1. The summed E-state index contributed by atoms with van der Waals surface area (Å²) in [6.45, 7) is 3.40. The number of nitrogens with one attached hydrogen (secondary N) is 3. The summed E-state index contributed by atoms with van der Waals surface area (Å²) in [6, 6.07) is 16.6. The molecule has 6 nitrogen and oxygen atoms in total. The second-order valence-electron chi connectivity index (χ2n) is 6.07. The fraction of sp³-hybridized carbons (Fsp3) is 0.250. The minimum Gasteiger partial charge on any atom is -0.349 e. The van der Waals surface area contributed by atoms with Gasteiger partial charge in [0.25, 0.3) is 0 Å². The van der Waals surface area contributed by atoms with E-state index in [0.29, 0.717) is 0 Å². The summed E-state index contributed by atoms with van der Waals surface area (Å²) in [4.78, 5) is 36.4. The smallest absolute Gasteiger partial charge is 0.248 e. The van der Waals surface area contributed by atoms with E-state index in [4.69, 9.17) is 0 Å². The predicted octanol–water partition coefficient (Wildman–Crippen LogP) is 2.50. The van der Waals surface area contributed by atoms with Gasteiger partial charge in [-0.1, -0.05) is 48.0 Å². The summed E-state index contributed by atoms with van der Waals surface area (Å²) in [7, 11) is 0. The molecule has 142 valence electrons. The molecule has 27 heavy (non-hydrogen) atoms. The monoisotopic (exact) mass is 385 g/mol. The number of hydrogen-bond acceptors (Lipinski definition) is 4. The fourth-order valence-electron chi connectivity index (χ4n) is 2.38. The number of hydrogen-bond donors (Lipinski definition) is 3. The number of benzene rings is 2.